The monoisotopic (exact) mass is 392 g/mol. The van der Waals surface area contributed by atoms with Crippen molar-refractivity contribution in [1.82, 2.24) is 4.90 Å². The number of morpholine rings is 1. The summed E-state index contributed by atoms with van der Waals surface area (Å²) in [5.41, 5.74) is 5.48. The zero-order chi connectivity index (χ0) is 20.2. The number of likely N-dealkylation sites (N-methyl/N-ethyl adjacent to an activating group) is 1. The topological polar surface area (TPSA) is 87.9 Å². The van der Waals surface area contributed by atoms with Crippen molar-refractivity contribution >= 4 is 23.2 Å². The van der Waals surface area contributed by atoms with Gasteiger partial charge in [0.2, 0.25) is 5.91 Å². The highest BCUT2D eigenvalue weighted by molar-refractivity contribution is 5.97. The van der Waals surface area contributed by atoms with Gasteiger partial charge in [0.05, 0.1) is 18.8 Å². The molecule has 1 aliphatic rings. The number of hydrogen-bond acceptors (Lipinski definition) is 5. The van der Waals surface area contributed by atoms with Crippen molar-refractivity contribution in [3.63, 3.8) is 0 Å². The van der Waals surface area contributed by atoms with E-state index in [9.17, 15) is 27.2 Å². The summed E-state index contributed by atoms with van der Waals surface area (Å²) in [4.78, 5) is 26.1. The van der Waals surface area contributed by atoms with Crippen molar-refractivity contribution in [2.45, 2.75) is 12.2 Å². The molecule has 11 heteroatoms. The molecule has 2 rings (SSSR count). The van der Waals surface area contributed by atoms with Crippen LogP contribution in [0.5, 0.6) is 0 Å². The van der Waals surface area contributed by atoms with Crippen LogP contribution in [-0.4, -0.2) is 68.8 Å². The van der Waals surface area contributed by atoms with Gasteiger partial charge in [-0.25, -0.2) is 4.39 Å². The molecule has 1 atom stereocenters. The van der Waals surface area contributed by atoms with Gasteiger partial charge in [0, 0.05) is 18.8 Å². The lowest BCUT2D eigenvalue weighted by molar-refractivity contribution is -0.150. The average molecular weight is 392 g/mol. The molecule has 150 valence electrons. The van der Waals surface area contributed by atoms with Crippen molar-refractivity contribution in [1.29, 1.82) is 0 Å². The van der Waals surface area contributed by atoms with Gasteiger partial charge in [-0.1, -0.05) is 0 Å². The Hall–Kier alpha value is -2.24. The van der Waals surface area contributed by atoms with Crippen molar-refractivity contribution in [3.05, 3.63) is 24.0 Å². The minimum absolute atomic E-state index is 0.107. The largest absolute Gasteiger partial charge is 0.401 e. The molecule has 3 N–H and O–H groups in total. The number of rotatable bonds is 6. The van der Waals surface area contributed by atoms with Gasteiger partial charge in [0.15, 0.2) is 0 Å². The fourth-order valence-corrected chi connectivity index (χ4v) is 2.66. The van der Waals surface area contributed by atoms with E-state index >= 15 is 0 Å². The number of ether oxygens (including phenoxy) is 1. The molecule has 27 heavy (non-hydrogen) atoms. The number of anilines is 2. The standard InChI is InChI=1S/C16H20F4N4O3/c1-23(9-16(18,19)20)13(7-21)15(26)22-12-3-2-10(6-11(12)17)24-4-5-27-8-14(24)25/h2-3,6,13H,4-5,7-9,21H2,1H3,(H,22,26)/t13-/m1/s1. The van der Waals surface area contributed by atoms with E-state index in [1.807, 2.05) is 0 Å². The normalized spacial score (nSPS) is 16.6. The van der Waals surface area contributed by atoms with Crippen LogP contribution >= 0.6 is 0 Å². The highest BCUT2D eigenvalue weighted by Gasteiger charge is 2.34. The van der Waals surface area contributed by atoms with Crippen molar-refractivity contribution in [2.75, 3.05) is 50.1 Å². The van der Waals surface area contributed by atoms with Gasteiger partial charge in [-0.2, -0.15) is 13.2 Å². The summed E-state index contributed by atoms with van der Waals surface area (Å²) in [7, 11) is 1.11. The lowest BCUT2D eigenvalue weighted by atomic mass is 10.2. The quantitative estimate of drug-likeness (QED) is 0.704. The van der Waals surface area contributed by atoms with E-state index in [4.69, 9.17) is 10.5 Å². The zero-order valence-electron chi connectivity index (χ0n) is 14.6. The molecule has 1 fully saturated rings. The molecular weight excluding hydrogens is 372 g/mol. The molecule has 0 spiro atoms. The van der Waals surface area contributed by atoms with Crippen LogP contribution in [0.2, 0.25) is 0 Å². The van der Waals surface area contributed by atoms with Crippen molar-refractivity contribution in [2.24, 2.45) is 5.73 Å². The first-order valence-corrected chi connectivity index (χ1v) is 8.08. The van der Waals surface area contributed by atoms with E-state index in [0.717, 1.165) is 18.0 Å². The first-order chi connectivity index (χ1) is 12.6. The lowest BCUT2D eigenvalue weighted by Gasteiger charge is -2.28. The van der Waals surface area contributed by atoms with Gasteiger partial charge in [-0.05, 0) is 25.2 Å². The molecule has 1 aromatic carbocycles. The van der Waals surface area contributed by atoms with Crippen LogP contribution in [0.3, 0.4) is 0 Å². The molecular formula is C16H20F4N4O3. The Morgan fingerprint density at radius 2 is 2.15 bits per heavy atom. The summed E-state index contributed by atoms with van der Waals surface area (Å²) >= 11 is 0. The van der Waals surface area contributed by atoms with E-state index in [2.05, 4.69) is 5.32 Å². The van der Waals surface area contributed by atoms with E-state index in [-0.39, 0.29) is 31.3 Å². The maximum Gasteiger partial charge on any atom is 0.401 e. The number of amides is 2. The van der Waals surface area contributed by atoms with Gasteiger partial charge >= 0.3 is 6.18 Å². The summed E-state index contributed by atoms with van der Waals surface area (Å²) < 4.78 is 56.8. The predicted molar refractivity (Wildman–Crippen MR) is 89.7 cm³/mol. The Morgan fingerprint density at radius 3 is 2.70 bits per heavy atom. The number of benzene rings is 1. The first kappa shape index (κ1) is 21.1. The minimum Gasteiger partial charge on any atom is -0.370 e. The van der Waals surface area contributed by atoms with Gasteiger partial charge in [-0.3, -0.25) is 14.5 Å². The van der Waals surface area contributed by atoms with Crippen LogP contribution in [-0.2, 0) is 14.3 Å². The molecule has 1 aliphatic heterocycles. The van der Waals surface area contributed by atoms with Gasteiger partial charge in [0.25, 0.3) is 5.91 Å². The van der Waals surface area contributed by atoms with Gasteiger partial charge in [-0.15, -0.1) is 0 Å². The number of nitrogens with zero attached hydrogens (tertiary/aromatic N) is 2. The molecule has 1 saturated heterocycles. The Labute approximate surface area is 153 Å². The van der Waals surface area contributed by atoms with Crippen LogP contribution in [0.15, 0.2) is 18.2 Å². The molecule has 1 heterocycles. The maximum atomic E-state index is 14.3. The Kier molecular flexibility index (Phi) is 6.73. The maximum absolute atomic E-state index is 14.3. The fourth-order valence-electron chi connectivity index (χ4n) is 2.66. The zero-order valence-corrected chi connectivity index (χ0v) is 14.6. The number of carbonyl (C=O) groups excluding carboxylic acids is 2. The highest BCUT2D eigenvalue weighted by atomic mass is 19.4. The second kappa shape index (κ2) is 8.63. The predicted octanol–water partition coefficient (Wildman–Crippen LogP) is 0.949. The third-order valence-electron chi connectivity index (χ3n) is 3.99. The molecule has 0 bridgehead atoms. The van der Waals surface area contributed by atoms with E-state index < -0.39 is 30.5 Å². The second-order valence-electron chi connectivity index (χ2n) is 6.03. The number of nitrogens with two attached hydrogens (primary N) is 1. The molecule has 7 nitrogen and oxygen atoms in total. The minimum atomic E-state index is -4.50. The summed E-state index contributed by atoms with van der Waals surface area (Å²) in [6, 6.07) is 2.45. The molecule has 2 amide bonds. The van der Waals surface area contributed by atoms with Crippen LogP contribution in [0.4, 0.5) is 28.9 Å². The molecule has 0 saturated carbocycles. The Balaban J connectivity index is 2.09. The third-order valence-corrected chi connectivity index (χ3v) is 3.99. The van der Waals surface area contributed by atoms with Crippen molar-refractivity contribution < 1.29 is 31.9 Å². The number of carbonyl (C=O) groups is 2. The highest BCUT2D eigenvalue weighted by Crippen LogP contribution is 2.24. The van der Waals surface area contributed by atoms with Crippen LogP contribution < -0.4 is 16.0 Å². The molecule has 0 aliphatic carbocycles. The van der Waals surface area contributed by atoms with Gasteiger partial charge in [0.1, 0.15) is 18.5 Å². The number of alkyl halides is 3. The number of halogens is 4. The molecule has 0 unspecified atom stereocenters. The molecule has 1 aromatic rings. The first-order valence-electron chi connectivity index (χ1n) is 8.08. The van der Waals surface area contributed by atoms with Gasteiger partial charge < -0.3 is 20.7 Å². The number of hydrogen-bond donors (Lipinski definition) is 2. The van der Waals surface area contributed by atoms with E-state index in [1.54, 1.807) is 0 Å². The van der Waals surface area contributed by atoms with Crippen molar-refractivity contribution in [3.8, 4) is 0 Å². The molecule has 0 aromatic heterocycles. The van der Waals surface area contributed by atoms with Crippen LogP contribution in [0, 0.1) is 5.82 Å². The van der Waals surface area contributed by atoms with E-state index in [0.29, 0.717) is 12.3 Å². The second-order valence-corrected chi connectivity index (χ2v) is 6.03. The number of nitrogens with one attached hydrogen (secondary N) is 1. The summed E-state index contributed by atoms with van der Waals surface area (Å²) in [6.07, 6.45) is -4.50. The smallest absolute Gasteiger partial charge is 0.370 e. The summed E-state index contributed by atoms with van der Waals surface area (Å²) in [5, 5.41) is 2.24. The third kappa shape index (κ3) is 5.62. The SMILES string of the molecule is CN(CC(F)(F)F)[C@H](CN)C(=O)Nc1ccc(N2CCOCC2=O)cc1F. The average Bonchev–Trinajstić information content (AvgIpc) is 2.56. The van der Waals surface area contributed by atoms with Crippen LogP contribution in [0.25, 0.3) is 0 Å². The lowest BCUT2D eigenvalue weighted by Crippen LogP contribution is -2.49. The Morgan fingerprint density at radius 1 is 1.44 bits per heavy atom. The Bertz CT molecular complexity index is 699. The van der Waals surface area contributed by atoms with Crippen LogP contribution in [0.1, 0.15) is 0 Å². The molecule has 0 radical (unpaired) electrons. The summed E-state index contributed by atoms with van der Waals surface area (Å²) in [5.74, 6) is -2.01. The fraction of sp³-hybridized carbons (Fsp3) is 0.500. The summed E-state index contributed by atoms with van der Waals surface area (Å²) in [6.45, 7) is -1.23. The van der Waals surface area contributed by atoms with E-state index in [1.165, 1.54) is 17.0 Å².